The topological polar surface area (TPSA) is 24.5 Å². The Morgan fingerprint density at radius 1 is 0.704 bits per heavy atom. The third-order valence-corrected chi connectivity index (χ3v) is 4.69. The molecule has 0 aliphatic carbocycles. The molecule has 3 aromatic rings. The number of hydrogen-bond donors (Lipinski definition) is 1. The van der Waals surface area contributed by atoms with Crippen LogP contribution in [0.3, 0.4) is 0 Å². The molecule has 1 heterocycles. The zero-order chi connectivity index (χ0) is 18.9. The van der Waals surface area contributed by atoms with Crippen LogP contribution < -0.4 is 10.6 Å². The van der Waals surface area contributed by atoms with Crippen molar-refractivity contribution >= 4 is 17.1 Å². The highest BCUT2D eigenvalue weighted by Gasteiger charge is 2.26. The number of benzene rings is 3. The number of rotatable bonds is 3. The Kier molecular flexibility index (Phi) is 4.36. The highest BCUT2D eigenvalue weighted by atomic mass is 16.7. The van der Waals surface area contributed by atoms with Crippen molar-refractivity contribution in [3.8, 4) is 0 Å². The molecule has 3 aromatic carbocycles. The van der Waals surface area contributed by atoms with Gasteiger partial charge in [-0.3, -0.25) is 5.43 Å². The minimum absolute atomic E-state index is 0.125. The highest BCUT2D eigenvalue weighted by molar-refractivity contribution is 5.89. The van der Waals surface area contributed by atoms with Crippen molar-refractivity contribution in [1.29, 1.82) is 0 Å². The number of hydrogen-bond acceptors (Lipinski definition) is 3. The van der Waals surface area contributed by atoms with Crippen LogP contribution in [0.25, 0.3) is 11.5 Å². The van der Waals surface area contributed by atoms with Crippen LogP contribution >= 0.6 is 0 Å². The van der Waals surface area contributed by atoms with Gasteiger partial charge in [-0.1, -0.05) is 93.6 Å². The predicted molar refractivity (Wildman–Crippen MR) is 112 cm³/mol. The average molecular weight is 356 g/mol. The summed E-state index contributed by atoms with van der Waals surface area (Å²) in [5, 5.41) is 1.73. The summed E-state index contributed by atoms with van der Waals surface area (Å²) in [6.45, 7) is 6.65. The smallest absolute Gasteiger partial charge is 0.190 e. The van der Waals surface area contributed by atoms with Gasteiger partial charge < -0.3 is 4.84 Å². The van der Waals surface area contributed by atoms with Gasteiger partial charge in [-0.15, -0.1) is 5.17 Å². The molecular formula is C24H24N2O. The lowest BCUT2D eigenvalue weighted by molar-refractivity contribution is 0.244. The first-order chi connectivity index (χ1) is 13.0. The second kappa shape index (κ2) is 6.84. The van der Waals surface area contributed by atoms with Crippen molar-refractivity contribution in [3.63, 3.8) is 0 Å². The maximum atomic E-state index is 6.23. The first kappa shape index (κ1) is 17.2. The van der Waals surface area contributed by atoms with E-state index in [9.17, 15) is 0 Å². The molecule has 0 unspecified atom stereocenters. The van der Waals surface area contributed by atoms with Gasteiger partial charge in [-0.25, -0.2) is 0 Å². The van der Waals surface area contributed by atoms with E-state index in [2.05, 4.69) is 74.7 Å². The molecule has 0 saturated carbocycles. The summed E-state index contributed by atoms with van der Waals surface area (Å²) in [7, 11) is 0. The van der Waals surface area contributed by atoms with E-state index >= 15 is 0 Å². The lowest BCUT2D eigenvalue weighted by Gasteiger charge is -2.22. The first-order valence-electron chi connectivity index (χ1n) is 9.23. The van der Waals surface area contributed by atoms with Gasteiger partial charge in [-0.05, 0) is 23.1 Å². The maximum Gasteiger partial charge on any atom is 0.190 e. The van der Waals surface area contributed by atoms with Crippen molar-refractivity contribution in [3.05, 3.63) is 102 Å². The minimum Gasteiger partial charge on any atom is -0.356 e. The third kappa shape index (κ3) is 3.54. The highest BCUT2D eigenvalue weighted by Crippen LogP contribution is 2.34. The largest absolute Gasteiger partial charge is 0.356 e. The van der Waals surface area contributed by atoms with E-state index in [0.29, 0.717) is 0 Å². The second-order valence-corrected chi connectivity index (χ2v) is 7.73. The van der Waals surface area contributed by atoms with Gasteiger partial charge in [0.05, 0.1) is 5.69 Å². The van der Waals surface area contributed by atoms with E-state index in [1.807, 2.05) is 36.4 Å². The Hall–Kier alpha value is -3.20. The molecule has 0 atom stereocenters. The summed E-state index contributed by atoms with van der Waals surface area (Å²) in [6.07, 6.45) is 0. The van der Waals surface area contributed by atoms with Crippen molar-refractivity contribution in [2.45, 2.75) is 26.2 Å². The van der Waals surface area contributed by atoms with Crippen molar-refractivity contribution in [2.75, 3.05) is 5.17 Å². The van der Waals surface area contributed by atoms with E-state index in [4.69, 9.17) is 4.84 Å². The van der Waals surface area contributed by atoms with Crippen LogP contribution in [0.1, 0.15) is 37.5 Å². The molecule has 4 rings (SSSR count). The lowest BCUT2D eigenvalue weighted by atomic mass is 9.87. The summed E-state index contributed by atoms with van der Waals surface area (Å²) in [6, 6.07) is 28.9. The SMILES string of the molecule is CC(C)(C)c1ccc(N2NC(c3ccccc3)=C(c3ccccc3)O2)cc1. The molecule has 0 aromatic heterocycles. The molecule has 1 aliphatic heterocycles. The summed E-state index contributed by atoms with van der Waals surface area (Å²) in [5.41, 5.74) is 8.89. The normalized spacial score (nSPS) is 14.1. The summed E-state index contributed by atoms with van der Waals surface area (Å²) >= 11 is 0. The van der Waals surface area contributed by atoms with E-state index in [1.165, 1.54) is 5.56 Å². The first-order valence-corrected chi connectivity index (χ1v) is 9.23. The van der Waals surface area contributed by atoms with Crippen molar-refractivity contribution in [2.24, 2.45) is 0 Å². The molecule has 1 aliphatic rings. The minimum atomic E-state index is 0.125. The van der Waals surface area contributed by atoms with Gasteiger partial charge >= 0.3 is 0 Å². The quantitative estimate of drug-likeness (QED) is 0.645. The fourth-order valence-corrected chi connectivity index (χ4v) is 3.11. The van der Waals surface area contributed by atoms with Gasteiger partial charge in [0.2, 0.25) is 0 Å². The molecule has 3 heteroatoms. The number of nitrogens with zero attached hydrogens (tertiary/aromatic N) is 1. The van der Waals surface area contributed by atoms with E-state index in [0.717, 1.165) is 28.3 Å². The lowest BCUT2D eigenvalue weighted by Crippen LogP contribution is -2.30. The second-order valence-electron chi connectivity index (χ2n) is 7.73. The molecule has 0 radical (unpaired) electrons. The molecule has 0 fully saturated rings. The van der Waals surface area contributed by atoms with Crippen molar-refractivity contribution < 1.29 is 4.84 Å². The Bertz CT molecular complexity index is 888. The third-order valence-electron chi connectivity index (χ3n) is 4.69. The molecule has 0 saturated heterocycles. The van der Waals surface area contributed by atoms with Crippen LogP contribution in [0.4, 0.5) is 5.69 Å². The fraction of sp³-hybridized carbons (Fsp3) is 0.167. The standard InChI is InChI=1S/C24H24N2O/c1-24(2,3)20-14-16-21(17-15-20)26-25-22(18-10-6-4-7-11-18)23(27-26)19-12-8-5-9-13-19/h4-17,25H,1-3H3. The molecular weight excluding hydrogens is 332 g/mol. The molecule has 0 bridgehead atoms. The Morgan fingerprint density at radius 2 is 1.26 bits per heavy atom. The molecule has 27 heavy (non-hydrogen) atoms. The zero-order valence-electron chi connectivity index (χ0n) is 15.9. The average Bonchev–Trinajstić information content (AvgIpc) is 3.14. The van der Waals surface area contributed by atoms with Crippen LogP contribution in [0.15, 0.2) is 84.9 Å². The summed E-state index contributed by atoms with van der Waals surface area (Å²) in [4.78, 5) is 6.23. The van der Waals surface area contributed by atoms with E-state index in [-0.39, 0.29) is 5.41 Å². The fourth-order valence-electron chi connectivity index (χ4n) is 3.11. The summed E-state index contributed by atoms with van der Waals surface area (Å²) in [5.74, 6) is 0.821. The van der Waals surface area contributed by atoms with Gasteiger partial charge in [0.25, 0.3) is 0 Å². The number of anilines is 1. The number of hydrazine groups is 1. The predicted octanol–water partition coefficient (Wildman–Crippen LogP) is 5.77. The Balaban J connectivity index is 1.68. The Labute approximate surface area is 160 Å². The van der Waals surface area contributed by atoms with Gasteiger partial charge in [-0.2, -0.15) is 0 Å². The molecule has 3 nitrogen and oxygen atoms in total. The monoisotopic (exact) mass is 356 g/mol. The zero-order valence-corrected chi connectivity index (χ0v) is 15.9. The summed E-state index contributed by atoms with van der Waals surface area (Å²) < 4.78 is 0. The molecule has 1 N–H and O–H groups in total. The van der Waals surface area contributed by atoms with Crippen molar-refractivity contribution in [1.82, 2.24) is 5.43 Å². The van der Waals surface area contributed by atoms with Crippen LogP contribution in [-0.4, -0.2) is 0 Å². The van der Waals surface area contributed by atoms with Gasteiger partial charge in [0, 0.05) is 11.1 Å². The number of nitrogens with one attached hydrogen (secondary N) is 1. The Morgan fingerprint density at radius 3 is 1.81 bits per heavy atom. The van der Waals surface area contributed by atoms with Crippen LogP contribution in [-0.2, 0) is 10.3 Å². The molecule has 0 spiro atoms. The van der Waals surface area contributed by atoms with Crippen LogP contribution in [0.5, 0.6) is 0 Å². The van der Waals surface area contributed by atoms with Gasteiger partial charge in [0.15, 0.2) is 5.76 Å². The molecule has 0 amide bonds. The van der Waals surface area contributed by atoms with E-state index < -0.39 is 0 Å². The van der Waals surface area contributed by atoms with Crippen LogP contribution in [0.2, 0.25) is 0 Å². The van der Waals surface area contributed by atoms with Gasteiger partial charge in [0.1, 0.15) is 5.70 Å². The van der Waals surface area contributed by atoms with E-state index in [1.54, 1.807) is 5.17 Å². The maximum absolute atomic E-state index is 6.23. The molecule has 136 valence electrons. The van der Waals surface area contributed by atoms with Crippen LogP contribution in [0, 0.1) is 0 Å².